The average Bonchev–Trinajstić information content (AvgIpc) is 2.87. The molecule has 2 aliphatic rings. The molecule has 0 bridgehead atoms. The minimum atomic E-state index is -0.435. The molecule has 1 saturated heterocycles. The minimum absolute atomic E-state index is 0.00204. The lowest BCUT2D eigenvalue weighted by atomic mass is 10.0. The number of nitrogens with one attached hydrogen (secondary N) is 1. The van der Waals surface area contributed by atoms with Crippen LogP contribution < -0.4 is 5.32 Å². The Bertz CT molecular complexity index is 522. The van der Waals surface area contributed by atoms with Gasteiger partial charge in [0.25, 0.3) is 5.91 Å². The molecule has 1 fully saturated rings. The predicted molar refractivity (Wildman–Crippen MR) is 66.5 cm³/mol. The van der Waals surface area contributed by atoms with Crippen LogP contribution in [0.25, 0.3) is 0 Å². The maximum absolute atomic E-state index is 12.2. The van der Waals surface area contributed by atoms with E-state index >= 15 is 0 Å². The monoisotopic (exact) mass is 242 g/mol. The van der Waals surface area contributed by atoms with Crippen LogP contribution in [0.15, 0.2) is 42.1 Å². The summed E-state index contributed by atoms with van der Waals surface area (Å²) in [6, 6.07) is 9.31. The molecule has 2 amide bonds. The lowest BCUT2D eigenvalue weighted by Crippen LogP contribution is -2.56. The fourth-order valence-electron chi connectivity index (χ4n) is 2.48. The molecule has 0 unspecified atom stereocenters. The van der Waals surface area contributed by atoms with Crippen LogP contribution in [0.5, 0.6) is 0 Å². The minimum Gasteiger partial charge on any atom is -0.339 e. The summed E-state index contributed by atoms with van der Waals surface area (Å²) in [5.41, 5.74) is 1.58. The predicted octanol–water partition coefficient (Wildman–Crippen LogP) is 0.844. The summed E-state index contributed by atoms with van der Waals surface area (Å²) in [6.07, 6.45) is 3.15. The van der Waals surface area contributed by atoms with Gasteiger partial charge in [-0.05, 0) is 12.0 Å². The number of fused-ring (bicyclic) bond motifs is 1. The van der Waals surface area contributed by atoms with Crippen molar-refractivity contribution in [3.05, 3.63) is 47.7 Å². The van der Waals surface area contributed by atoms with Gasteiger partial charge in [0.05, 0.1) is 0 Å². The maximum Gasteiger partial charge on any atom is 0.268 e. The van der Waals surface area contributed by atoms with Crippen molar-refractivity contribution in [2.24, 2.45) is 0 Å². The molecule has 1 atom stereocenters. The average molecular weight is 242 g/mol. The van der Waals surface area contributed by atoms with E-state index in [1.165, 1.54) is 0 Å². The van der Waals surface area contributed by atoms with E-state index in [1.807, 2.05) is 36.4 Å². The Balaban J connectivity index is 1.80. The largest absolute Gasteiger partial charge is 0.339 e. The van der Waals surface area contributed by atoms with Gasteiger partial charge in [0.15, 0.2) is 0 Å². The van der Waals surface area contributed by atoms with Gasteiger partial charge in [0.2, 0.25) is 5.91 Å². The van der Waals surface area contributed by atoms with Crippen LogP contribution in [0.2, 0.25) is 0 Å². The molecule has 4 nitrogen and oxygen atoms in total. The Kier molecular flexibility index (Phi) is 2.63. The van der Waals surface area contributed by atoms with Crippen LogP contribution in [0, 0.1) is 0 Å². The van der Waals surface area contributed by atoms with Gasteiger partial charge < -0.3 is 10.2 Å². The molecule has 4 heteroatoms. The van der Waals surface area contributed by atoms with Crippen molar-refractivity contribution >= 4 is 11.8 Å². The summed E-state index contributed by atoms with van der Waals surface area (Å²) in [5.74, 6) is -0.129. The molecule has 2 aliphatic heterocycles. The number of rotatable bonds is 2. The number of hydrogen-bond donors (Lipinski definition) is 1. The topological polar surface area (TPSA) is 49.4 Å². The lowest BCUT2D eigenvalue weighted by Gasteiger charge is -2.31. The van der Waals surface area contributed by atoms with E-state index in [1.54, 1.807) is 4.90 Å². The first-order chi connectivity index (χ1) is 8.75. The zero-order valence-corrected chi connectivity index (χ0v) is 9.93. The van der Waals surface area contributed by atoms with Gasteiger partial charge in [-0.1, -0.05) is 36.4 Å². The van der Waals surface area contributed by atoms with Gasteiger partial charge in [0.1, 0.15) is 11.7 Å². The van der Waals surface area contributed by atoms with E-state index in [4.69, 9.17) is 0 Å². The first kappa shape index (κ1) is 11.0. The summed E-state index contributed by atoms with van der Waals surface area (Å²) in [7, 11) is 0. The number of amides is 2. The first-order valence-electron chi connectivity index (χ1n) is 6.12. The molecule has 1 N–H and O–H groups in total. The van der Waals surface area contributed by atoms with Crippen LogP contribution in [0.4, 0.5) is 0 Å². The highest BCUT2D eigenvalue weighted by atomic mass is 16.2. The molecule has 3 rings (SSSR count). The molecule has 0 spiro atoms. The van der Waals surface area contributed by atoms with Crippen LogP contribution in [0.1, 0.15) is 12.0 Å². The van der Waals surface area contributed by atoms with E-state index in [0.29, 0.717) is 18.7 Å². The highest BCUT2D eigenvalue weighted by Crippen LogP contribution is 2.21. The Hall–Kier alpha value is -2.10. The van der Waals surface area contributed by atoms with Crippen molar-refractivity contribution in [1.29, 1.82) is 0 Å². The molecule has 2 heterocycles. The van der Waals surface area contributed by atoms with Crippen molar-refractivity contribution in [2.75, 3.05) is 6.54 Å². The summed E-state index contributed by atoms with van der Waals surface area (Å²) < 4.78 is 0. The number of carbonyl (C=O) groups excluding carboxylic acids is 2. The van der Waals surface area contributed by atoms with Gasteiger partial charge in [-0.2, -0.15) is 0 Å². The summed E-state index contributed by atoms with van der Waals surface area (Å²) in [6.45, 7) is 0.632. The van der Waals surface area contributed by atoms with Crippen LogP contribution >= 0.6 is 0 Å². The number of carbonyl (C=O) groups is 2. The van der Waals surface area contributed by atoms with Crippen molar-refractivity contribution in [3.8, 4) is 0 Å². The highest BCUT2D eigenvalue weighted by Gasteiger charge is 2.38. The van der Waals surface area contributed by atoms with Crippen molar-refractivity contribution in [1.82, 2.24) is 10.2 Å². The molecule has 18 heavy (non-hydrogen) atoms. The van der Waals surface area contributed by atoms with E-state index in [0.717, 1.165) is 12.0 Å². The van der Waals surface area contributed by atoms with Crippen molar-refractivity contribution < 1.29 is 9.59 Å². The van der Waals surface area contributed by atoms with E-state index in [2.05, 4.69) is 5.32 Å². The zero-order chi connectivity index (χ0) is 12.5. The number of nitrogens with zero attached hydrogens (tertiary/aromatic N) is 1. The molecular weight excluding hydrogens is 228 g/mol. The van der Waals surface area contributed by atoms with Crippen LogP contribution in [-0.2, 0) is 16.0 Å². The van der Waals surface area contributed by atoms with Gasteiger partial charge in [-0.15, -0.1) is 0 Å². The zero-order valence-electron chi connectivity index (χ0n) is 9.93. The molecule has 0 radical (unpaired) electrons. The standard InChI is InChI=1S/C14H14N2O2/c17-13-12-7-4-8-16(12)14(18)11(15-13)9-10-5-2-1-3-6-10/h1-3,5-7,11H,4,8-9H2,(H,15,17)/t11-/m0/s1. The quantitative estimate of drug-likeness (QED) is 0.835. The Morgan fingerprint density at radius 2 is 2.00 bits per heavy atom. The Labute approximate surface area is 105 Å². The number of hydrogen-bond acceptors (Lipinski definition) is 2. The normalized spacial score (nSPS) is 22.6. The van der Waals surface area contributed by atoms with Gasteiger partial charge in [-0.25, -0.2) is 0 Å². The summed E-state index contributed by atoms with van der Waals surface area (Å²) in [4.78, 5) is 25.7. The Morgan fingerprint density at radius 3 is 2.78 bits per heavy atom. The third-order valence-corrected chi connectivity index (χ3v) is 3.37. The number of piperazine rings is 1. The van der Waals surface area contributed by atoms with Crippen molar-refractivity contribution in [2.45, 2.75) is 18.9 Å². The fraction of sp³-hybridized carbons (Fsp3) is 0.286. The van der Waals surface area contributed by atoms with E-state index < -0.39 is 6.04 Å². The Morgan fingerprint density at radius 1 is 1.22 bits per heavy atom. The third kappa shape index (κ3) is 1.79. The third-order valence-electron chi connectivity index (χ3n) is 3.37. The van der Waals surface area contributed by atoms with Crippen molar-refractivity contribution in [3.63, 3.8) is 0 Å². The van der Waals surface area contributed by atoms with E-state index in [9.17, 15) is 9.59 Å². The second-order valence-electron chi connectivity index (χ2n) is 4.58. The molecule has 0 saturated carbocycles. The molecular formula is C14H14N2O2. The van der Waals surface area contributed by atoms with E-state index in [-0.39, 0.29) is 11.8 Å². The molecule has 0 aliphatic carbocycles. The summed E-state index contributed by atoms with van der Waals surface area (Å²) >= 11 is 0. The molecule has 0 aromatic heterocycles. The van der Waals surface area contributed by atoms with Gasteiger partial charge in [-0.3, -0.25) is 9.59 Å². The second kappa shape index (κ2) is 4.29. The SMILES string of the molecule is O=C1N[C@@H](Cc2ccccc2)C(=O)N2CCC=C12. The lowest BCUT2D eigenvalue weighted by molar-refractivity contribution is -0.139. The number of benzene rings is 1. The van der Waals surface area contributed by atoms with Gasteiger partial charge >= 0.3 is 0 Å². The van der Waals surface area contributed by atoms with Crippen LogP contribution in [0.3, 0.4) is 0 Å². The first-order valence-corrected chi connectivity index (χ1v) is 6.12. The fourth-order valence-corrected chi connectivity index (χ4v) is 2.48. The molecule has 1 aromatic carbocycles. The summed E-state index contributed by atoms with van der Waals surface area (Å²) in [5, 5.41) is 2.79. The molecule has 92 valence electrons. The van der Waals surface area contributed by atoms with Gasteiger partial charge in [0, 0.05) is 13.0 Å². The highest BCUT2D eigenvalue weighted by molar-refractivity contribution is 6.05. The smallest absolute Gasteiger partial charge is 0.268 e. The maximum atomic E-state index is 12.2. The molecule has 1 aromatic rings. The second-order valence-corrected chi connectivity index (χ2v) is 4.58. The van der Waals surface area contributed by atoms with Crippen LogP contribution in [-0.4, -0.2) is 29.3 Å².